The van der Waals surface area contributed by atoms with Gasteiger partial charge in [0.1, 0.15) is 41.4 Å². The van der Waals surface area contributed by atoms with Gasteiger partial charge in [0, 0.05) is 10.8 Å². The van der Waals surface area contributed by atoms with Gasteiger partial charge in [0.05, 0.1) is 32.5 Å². The van der Waals surface area contributed by atoms with Crippen LogP contribution in [0.25, 0.3) is 43.4 Å². The summed E-state index contributed by atoms with van der Waals surface area (Å²) in [6.45, 7) is 0. The Kier molecular flexibility index (Phi) is 19.6. The molecule has 0 amide bonds. The van der Waals surface area contributed by atoms with E-state index >= 15 is 0 Å². The van der Waals surface area contributed by atoms with E-state index in [9.17, 15) is 62.1 Å². The molecular formula is C42H24N6Na4O14S4. The Morgan fingerprint density at radius 2 is 0.600 bits per heavy atom. The predicted octanol–water partition coefficient (Wildman–Crippen LogP) is -3.48. The van der Waals surface area contributed by atoms with Crippen LogP contribution in [0.2, 0.25) is 0 Å². The van der Waals surface area contributed by atoms with Gasteiger partial charge in [-0.1, -0.05) is 96.4 Å². The van der Waals surface area contributed by atoms with Crippen LogP contribution in [-0.2, 0) is 40.5 Å². The molecule has 0 radical (unpaired) electrons. The third-order valence-corrected chi connectivity index (χ3v) is 13.4. The number of nitrogens with zero attached hydrogens (tertiary/aromatic N) is 6. The van der Waals surface area contributed by atoms with Crippen molar-refractivity contribution in [2.24, 2.45) is 30.7 Å². The zero-order valence-electron chi connectivity index (χ0n) is 36.8. The minimum atomic E-state index is -5.13. The topological polar surface area (TPSA) is 343 Å². The third-order valence-electron chi connectivity index (χ3n) is 9.90. The fourth-order valence-electron chi connectivity index (χ4n) is 6.90. The molecule has 334 valence electrons. The summed E-state index contributed by atoms with van der Waals surface area (Å²) in [4.78, 5) is -3.09. The molecule has 28 heteroatoms. The maximum absolute atomic E-state index is 13.2. The standard InChI is InChI=1S/C42H28N6O14S4.4Na/c49-41-29-11-5-3-9-27(29)37(63(51,52)53)21-35(41)47-44-32-18-17-31(25-7-1-2-8-26(25)32)43-45-33-15-13-23(19-39(33)65(57,58)59)24-14-16-34(40(20-24)66(60,61)62)46-48-36-22-38(64(54,55)56)28-10-4-6-12-30(28)42(36)50;;;;/h1-22,49-50H,(H,51,52,53)(H,54,55,56)(H,57,58,59)(H,60,61,62);;;;/q;4*+1/p-4. The average molecular weight is 1060 g/mol. The second kappa shape index (κ2) is 23.2. The Morgan fingerprint density at radius 3 is 0.914 bits per heavy atom. The van der Waals surface area contributed by atoms with Gasteiger partial charge in [0.2, 0.25) is 0 Å². The van der Waals surface area contributed by atoms with E-state index in [1.54, 1.807) is 24.3 Å². The molecule has 0 saturated heterocycles. The van der Waals surface area contributed by atoms with Crippen molar-refractivity contribution in [2.45, 2.75) is 19.6 Å². The molecule has 2 N–H and O–H groups in total. The van der Waals surface area contributed by atoms with Crippen LogP contribution in [0, 0.1) is 0 Å². The normalized spacial score (nSPS) is 12.2. The van der Waals surface area contributed by atoms with E-state index in [4.69, 9.17) is 0 Å². The first kappa shape index (κ1) is 59.1. The zero-order valence-corrected chi connectivity index (χ0v) is 48.1. The van der Waals surface area contributed by atoms with Gasteiger partial charge in [0.25, 0.3) is 20.2 Å². The molecule has 0 unspecified atom stereocenters. The zero-order chi connectivity index (χ0) is 47.3. The summed E-state index contributed by atoms with van der Waals surface area (Å²) in [7, 11) is -20.3. The molecule has 0 aromatic heterocycles. The number of rotatable bonds is 11. The second-order valence-electron chi connectivity index (χ2n) is 14.0. The van der Waals surface area contributed by atoms with Gasteiger partial charge in [-0.15, -0.1) is 20.5 Å². The van der Waals surface area contributed by atoms with Crippen molar-refractivity contribution >= 4 is 107 Å². The minimum Gasteiger partial charge on any atom is -0.871 e. The maximum Gasteiger partial charge on any atom is 1.00 e. The Bertz CT molecular complexity index is 3940. The van der Waals surface area contributed by atoms with Crippen molar-refractivity contribution < 1.29 is 180 Å². The minimum absolute atomic E-state index is 0. The molecule has 8 aromatic carbocycles. The van der Waals surface area contributed by atoms with E-state index < -0.39 is 88.6 Å². The van der Waals surface area contributed by atoms with Crippen molar-refractivity contribution in [3.8, 4) is 22.6 Å². The van der Waals surface area contributed by atoms with Crippen LogP contribution in [0.15, 0.2) is 184 Å². The Labute approximate surface area is 487 Å². The van der Waals surface area contributed by atoms with Crippen LogP contribution in [0.5, 0.6) is 11.5 Å². The number of hydrogen-bond acceptors (Lipinski definition) is 18. The molecule has 0 fully saturated rings. The summed E-state index contributed by atoms with van der Waals surface area (Å²) in [5.74, 6) is -1.52. The quantitative estimate of drug-likeness (QED) is 0.0723. The fourth-order valence-corrected chi connectivity index (χ4v) is 9.60. The summed E-state index contributed by atoms with van der Waals surface area (Å²) in [5, 5.41) is 50.4. The molecule has 70 heavy (non-hydrogen) atoms. The van der Waals surface area contributed by atoms with Crippen molar-refractivity contribution in [1.82, 2.24) is 0 Å². The van der Waals surface area contributed by atoms with E-state index in [0.717, 1.165) is 30.3 Å². The summed E-state index contributed by atoms with van der Waals surface area (Å²) >= 11 is 0. The monoisotopic (exact) mass is 1060 g/mol. The Hall–Kier alpha value is -3.42. The SMILES string of the molecule is O=S(=O)([O-])c1cc(N=Nc2ccc(-c3ccc(N=Nc4ccc(N=Nc5cc(S(=O)(=O)[O-])c6ccccc6c5[O-])c5ccccc45)c(S(=O)(=O)O)c3)cc2S(=O)(=O)O)c([O-])c2ccccc12.[Na+].[Na+].[Na+].[Na+]. The van der Waals surface area contributed by atoms with Gasteiger partial charge in [-0.25, -0.2) is 16.8 Å². The smallest absolute Gasteiger partial charge is 0.871 e. The van der Waals surface area contributed by atoms with Crippen LogP contribution in [0.1, 0.15) is 0 Å². The number of hydrogen-bond donors (Lipinski definition) is 2. The van der Waals surface area contributed by atoms with Crippen LogP contribution in [0.3, 0.4) is 0 Å². The van der Waals surface area contributed by atoms with E-state index in [1.807, 2.05) is 0 Å². The number of fused-ring (bicyclic) bond motifs is 3. The van der Waals surface area contributed by atoms with E-state index in [-0.39, 0.29) is 168 Å². The molecule has 0 saturated carbocycles. The van der Waals surface area contributed by atoms with Crippen molar-refractivity contribution in [3.63, 3.8) is 0 Å². The van der Waals surface area contributed by atoms with Crippen molar-refractivity contribution in [3.05, 3.63) is 133 Å². The summed E-state index contributed by atoms with van der Waals surface area (Å²) in [6.07, 6.45) is 0. The first-order chi connectivity index (χ1) is 31.1. The van der Waals surface area contributed by atoms with Crippen molar-refractivity contribution in [1.29, 1.82) is 0 Å². The molecule has 0 aliphatic carbocycles. The van der Waals surface area contributed by atoms with Gasteiger partial charge >= 0.3 is 118 Å². The van der Waals surface area contributed by atoms with E-state index in [1.165, 1.54) is 72.8 Å². The first-order valence-electron chi connectivity index (χ1n) is 18.5. The van der Waals surface area contributed by atoms with Gasteiger partial charge in [-0.2, -0.15) is 27.1 Å². The predicted molar refractivity (Wildman–Crippen MR) is 231 cm³/mol. The summed E-state index contributed by atoms with van der Waals surface area (Å²) < 4.78 is 143. The van der Waals surface area contributed by atoms with Gasteiger partial charge in [-0.05, 0) is 81.2 Å². The van der Waals surface area contributed by atoms with Crippen LogP contribution < -0.4 is 128 Å². The molecule has 8 aromatic rings. The Balaban J connectivity index is 0.00000266. The van der Waals surface area contributed by atoms with Crippen LogP contribution in [0.4, 0.5) is 34.1 Å². The van der Waals surface area contributed by atoms with E-state index in [2.05, 4.69) is 30.7 Å². The molecule has 0 heterocycles. The third kappa shape index (κ3) is 12.7. The molecular weight excluding hydrogens is 1030 g/mol. The first-order valence-corrected chi connectivity index (χ1v) is 24.2. The van der Waals surface area contributed by atoms with E-state index in [0.29, 0.717) is 16.8 Å². The van der Waals surface area contributed by atoms with Gasteiger partial charge < -0.3 is 19.3 Å². The average Bonchev–Trinajstić information content (AvgIpc) is 3.26. The van der Waals surface area contributed by atoms with Crippen LogP contribution in [-0.4, -0.2) is 51.9 Å². The molecule has 0 aliphatic rings. The molecule has 0 atom stereocenters. The van der Waals surface area contributed by atoms with Gasteiger partial charge in [-0.3, -0.25) is 9.11 Å². The molecule has 0 bridgehead atoms. The number of azo groups is 3. The largest absolute Gasteiger partial charge is 1.00 e. The molecule has 0 aliphatic heterocycles. The number of benzene rings is 8. The van der Waals surface area contributed by atoms with Crippen molar-refractivity contribution in [2.75, 3.05) is 0 Å². The summed E-state index contributed by atoms with van der Waals surface area (Å²) in [6, 6.07) is 28.4. The Morgan fingerprint density at radius 1 is 0.329 bits per heavy atom. The fraction of sp³-hybridized carbons (Fsp3) is 0. The molecule has 8 rings (SSSR count). The molecule has 0 spiro atoms. The summed E-state index contributed by atoms with van der Waals surface area (Å²) in [5.41, 5.74) is -1.71. The van der Waals surface area contributed by atoms with Crippen LogP contribution >= 0.6 is 0 Å². The van der Waals surface area contributed by atoms with Gasteiger partial charge in [0.15, 0.2) is 0 Å². The maximum atomic E-state index is 13.2. The second-order valence-corrected chi connectivity index (χ2v) is 19.5. The molecule has 20 nitrogen and oxygen atoms in total.